The summed E-state index contributed by atoms with van der Waals surface area (Å²) in [6, 6.07) is 54.5. The van der Waals surface area contributed by atoms with Gasteiger partial charge in [-0.3, -0.25) is 4.98 Å². The van der Waals surface area contributed by atoms with E-state index in [1.165, 1.54) is 62.6 Å². The largest absolute Gasteiger partial charge is 0.252 e. The molecule has 0 saturated heterocycles. The fraction of sp³-hybridized carbons (Fsp3) is 0. The monoisotopic (exact) mass is 646 g/mol. The van der Waals surface area contributed by atoms with Gasteiger partial charge in [0.05, 0.1) is 22.9 Å². The summed E-state index contributed by atoms with van der Waals surface area (Å²) in [7, 11) is 0. The fourth-order valence-electron chi connectivity index (χ4n) is 7.06. The smallest absolute Gasteiger partial charge is 0.0965 e. The molecule has 0 amide bonds. The summed E-state index contributed by atoms with van der Waals surface area (Å²) in [4.78, 5) is 10.2. The van der Waals surface area contributed by atoms with E-state index in [2.05, 4.69) is 152 Å². The van der Waals surface area contributed by atoms with E-state index in [9.17, 15) is 0 Å². The lowest BCUT2D eigenvalue weighted by Gasteiger charge is -2.11. The molecular formula is C44H26N2S2. The Bertz CT molecular complexity index is 2860. The van der Waals surface area contributed by atoms with Crippen molar-refractivity contribution in [3.8, 4) is 44.6 Å². The molecule has 2 nitrogen and oxygen atoms in total. The van der Waals surface area contributed by atoms with Gasteiger partial charge in [-0.05, 0) is 58.1 Å². The van der Waals surface area contributed by atoms with Gasteiger partial charge in [0.15, 0.2) is 0 Å². The lowest BCUT2D eigenvalue weighted by Crippen LogP contribution is -1.92. The minimum Gasteiger partial charge on any atom is -0.252 e. The molecule has 0 radical (unpaired) electrons. The second-order valence-electron chi connectivity index (χ2n) is 12.2. The summed E-state index contributed by atoms with van der Waals surface area (Å²) in [5.41, 5.74) is 10.8. The van der Waals surface area contributed by atoms with Crippen LogP contribution in [0.3, 0.4) is 0 Å². The van der Waals surface area contributed by atoms with Gasteiger partial charge in [-0.1, -0.05) is 121 Å². The highest BCUT2D eigenvalue weighted by atomic mass is 32.1. The molecule has 4 heteroatoms. The highest BCUT2D eigenvalue weighted by Crippen LogP contribution is 2.42. The van der Waals surface area contributed by atoms with Crippen LogP contribution in [-0.2, 0) is 0 Å². The van der Waals surface area contributed by atoms with Crippen molar-refractivity contribution in [2.75, 3.05) is 0 Å². The van der Waals surface area contributed by atoms with E-state index in [1.54, 1.807) is 0 Å². The number of fused-ring (bicyclic) bond motifs is 7. The fourth-order valence-corrected chi connectivity index (χ4v) is 9.54. The number of nitrogens with zero attached hydrogens (tertiary/aromatic N) is 2. The van der Waals surface area contributed by atoms with E-state index in [4.69, 9.17) is 9.97 Å². The van der Waals surface area contributed by atoms with E-state index < -0.39 is 0 Å². The van der Waals surface area contributed by atoms with Crippen LogP contribution >= 0.6 is 22.7 Å². The second-order valence-corrected chi connectivity index (χ2v) is 14.3. The first kappa shape index (κ1) is 27.4. The SMILES string of the molecule is c1cc(-c2cnc3c(-c4cccc(-c5cccc6c5sc5ccccc56)c4)cccc3n2)cc(-c2cccc3c2sc2ccccc23)c1. The molecule has 10 aromatic rings. The van der Waals surface area contributed by atoms with Crippen molar-refractivity contribution < 1.29 is 0 Å². The highest BCUT2D eigenvalue weighted by molar-refractivity contribution is 7.26. The van der Waals surface area contributed by atoms with Crippen LogP contribution in [0.1, 0.15) is 0 Å². The Morgan fingerprint density at radius 1 is 0.396 bits per heavy atom. The lowest BCUT2D eigenvalue weighted by molar-refractivity contribution is 1.29. The van der Waals surface area contributed by atoms with Gasteiger partial charge >= 0.3 is 0 Å². The summed E-state index contributed by atoms with van der Waals surface area (Å²) in [5, 5.41) is 5.25. The lowest BCUT2D eigenvalue weighted by atomic mass is 9.97. The molecule has 0 aliphatic carbocycles. The molecule has 0 aliphatic rings. The summed E-state index contributed by atoms with van der Waals surface area (Å²) < 4.78 is 5.27. The second kappa shape index (κ2) is 11.0. The van der Waals surface area contributed by atoms with Gasteiger partial charge in [0.2, 0.25) is 0 Å². The first-order chi connectivity index (χ1) is 23.8. The van der Waals surface area contributed by atoms with Crippen molar-refractivity contribution in [1.82, 2.24) is 9.97 Å². The van der Waals surface area contributed by atoms with Gasteiger partial charge in [0.25, 0.3) is 0 Å². The van der Waals surface area contributed by atoms with E-state index in [1.807, 2.05) is 28.9 Å². The van der Waals surface area contributed by atoms with Crippen LogP contribution in [0.15, 0.2) is 158 Å². The number of rotatable bonds is 4. The zero-order chi connectivity index (χ0) is 31.6. The normalized spacial score (nSPS) is 11.8. The standard InChI is InChI=1S/C44H26N2S2/c1-3-22-40-34(14-1)36-19-7-17-32(43(36)47-40)28-11-5-10-27(24-28)31-16-9-21-38-42(31)45-26-39(46-38)30-13-6-12-29(25-30)33-18-8-20-37-35-15-2-4-23-41(35)48-44(33)37/h1-26H. The minimum absolute atomic E-state index is 0.871. The van der Waals surface area contributed by atoms with Crippen molar-refractivity contribution in [2.24, 2.45) is 0 Å². The minimum atomic E-state index is 0.871. The molecule has 224 valence electrons. The molecule has 0 fully saturated rings. The van der Waals surface area contributed by atoms with Crippen LogP contribution in [0.2, 0.25) is 0 Å². The maximum Gasteiger partial charge on any atom is 0.0965 e. The molecule has 0 aliphatic heterocycles. The number of thiophene rings is 2. The van der Waals surface area contributed by atoms with Gasteiger partial charge < -0.3 is 0 Å². The Hall–Kier alpha value is -5.68. The topological polar surface area (TPSA) is 25.8 Å². The first-order valence-electron chi connectivity index (χ1n) is 16.1. The maximum atomic E-state index is 5.15. The zero-order valence-electron chi connectivity index (χ0n) is 25.7. The van der Waals surface area contributed by atoms with E-state index in [0.29, 0.717) is 0 Å². The molecular weight excluding hydrogens is 621 g/mol. The highest BCUT2D eigenvalue weighted by Gasteiger charge is 2.14. The molecule has 3 aromatic heterocycles. The first-order valence-corrected chi connectivity index (χ1v) is 17.7. The number of hydrogen-bond acceptors (Lipinski definition) is 4. The quantitative estimate of drug-likeness (QED) is 0.190. The molecule has 0 N–H and O–H groups in total. The van der Waals surface area contributed by atoms with Crippen LogP contribution < -0.4 is 0 Å². The van der Waals surface area contributed by atoms with Crippen LogP contribution in [-0.4, -0.2) is 9.97 Å². The molecule has 0 atom stereocenters. The van der Waals surface area contributed by atoms with Gasteiger partial charge in [-0.2, -0.15) is 0 Å². The number of benzene rings is 7. The summed E-state index contributed by atoms with van der Waals surface area (Å²) in [6.07, 6.45) is 1.92. The van der Waals surface area contributed by atoms with Crippen LogP contribution in [0.4, 0.5) is 0 Å². The third kappa shape index (κ3) is 4.38. The number of hydrogen-bond donors (Lipinski definition) is 0. The molecule has 7 aromatic carbocycles. The number of aromatic nitrogens is 2. The third-order valence-corrected chi connectivity index (χ3v) is 11.8. The molecule has 3 heterocycles. The molecule has 0 unspecified atom stereocenters. The van der Waals surface area contributed by atoms with Crippen molar-refractivity contribution in [1.29, 1.82) is 0 Å². The predicted molar refractivity (Wildman–Crippen MR) is 207 cm³/mol. The molecule has 0 saturated carbocycles. The van der Waals surface area contributed by atoms with Gasteiger partial charge in [-0.25, -0.2) is 4.98 Å². The summed E-state index contributed by atoms with van der Waals surface area (Å²) >= 11 is 3.73. The van der Waals surface area contributed by atoms with Crippen LogP contribution in [0.5, 0.6) is 0 Å². The average Bonchev–Trinajstić information content (AvgIpc) is 3.73. The van der Waals surface area contributed by atoms with E-state index >= 15 is 0 Å². The Morgan fingerprint density at radius 2 is 0.875 bits per heavy atom. The van der Waals surface area contributed by atoms with Gasteiger partial charge in [0.1, 0.15) is 0 Å². The Labute approximate surface area is 285 Å². The summed E-state index contributed by atoms with van der Waals surface area (Å²) in [5.74, 6) is 0. The molecule has 48 heavy (non-hydrogen) atoms. The maximum absolute atomic E-state index is 5.15. The van der Waals surface area contributed by atoms with Crippen molar-refractivity contribution >= 4 is 74.1 Å². The molecule has 10 rings (SSSR count). The van der Waals surface area contributed by atoms with Crippen molar-refractivity contribution in [3.63, 3.8) is 0 Å². The van der Waals surface area contributed by atoms with E-state index in [-0.39, 0.29) is 0 Å². The van der Waals surface area contributed by atoms with Gasteiger partial charge in [0, 0.05) is 51.5 Å². The zero-order valence-corrected chi connectivity index (χ0v) is 27.4. The Kier molecular flexibility index (Phi) is 6.26. The van der Waals surface area contributed by atoms with E-state index in [0.717, 1.165) is 33.4 Å². The van der Waals surface area contributed by atoms with Crippen LogP contribution in [0.25, 0.3) is 96.0 Å². The van der Waals surface area contributed by atoms with Gasteiger partial charge in [-0.15, -0.1) is 22.7 Å². The average molecular weight is 647 g/mol. The van der Waals surface area contributed by atoms with Crippen molar-refractivity contribution in [3.05, 3.63) is 158 Å². The predicted octanol–water partition coefficient (Wildman–Crippen LogP) is 13.0. The summed E-state index contributed by atoms with van der Waals surface area (Å²) in [6.45, 7) is 0. The Morgan fingerprint density at radius 3 is 1.52 bits per heavy atom. The van der Waals surface area contributed by atoms with Crippen molar-refractivity contribution in [2.45, 2.75) is 0 Å². The van der Waals surface area contributed by atoms with Crippen LogP contribution in [0, 0.1) is 0 Å². The third-order valence-electron chi connectivity index (χ3n) is 9.33. The molecule has 0 spiro atoms. The number of para-hydroxylation sites is 1. The molecule has 0 bridgehead atoms. The Balaban J connectivity index is 1.04.